The molecule has 0 amide bonds. The molecule has 0 spiro atoms. The minimum atomic E-state index is 0.647. The summed E-state index contributed by atoms with van der Waals surface area (Å²) >= 11 is 0. The minimum Gasteiger partial charge on any atom is -0.494 e. The lowest BCUT2D eigenvalue weighted by Crippen LogP contribution is -2.04. The minimum absolute atomic E-state index is 0.647. The normalized spacial score (nSPS) is 11.5. The topological polar surface area (TPSA) is 39.9 Å². The molecule has 0 aliphatic carbocycles. The van der Waals surface area contributed by atoms with Crippen molar-refractivity contribution in [1.29, 1.82) is 0 Å². The number of rotatable bonds is 4. The van der Waals surface area contributed by atoms with Gasteiger partial charge in [-0.1, -0.05) is 42.0 Å². The van der Waals surface area contributed by atoms with E-state index in [4.69, 9.17) is 14.7 Å². The highest BCUT2D eigenvalue weighted by molar-refractivity contribution is 6.06. The van der Waals surface area contributed by atoms with E-state index in [-0.39, 0.29) is 0 Å². The second-order valence-corrected chi connectivity index (χ2v) is 7.03. The highest BCUT2D eigenvalue weighted by atomic mass is 16.5. The van der Waals surface area contributed by atoms with Gasteiger partial charge < -0.3 is 9.30 Å². The van der Waals surface area contributed by atoms with Gasteiger partial charge in [0.05, 0.1) is 29.7 Å². The van der Waals surface area contributed by atoms with E-state index in [1.807, 2.05) is 43.3 Å². The highest BCUT2D eigenvalue weighted by Gasteiger charge is 2.16. The molecule has 0 radical (unpaired) electrons. The Balaban J connectivity index is 1.80. The second-order valence-electron chi connectivity index (χ2n) is 7.03. The van der Waals surface area contributed by atoms with Gasteiger partial charge in [0.25, 0.3) is 0 Å². The van der Waals surface area contributed by atoms with Gasteiger partial charge in [0.15, 0.2) is 5.65 Å². The van der Waals surface area contributed by atoms with E-state index in [0.29, 0.717) is 13.2 Å². The van der Waals surface area contributed by atoms with Crippen LogP contribution in [0.4, 0.5) is 0 Å². The van der Waals surface area contributed by atoms with Crippen LogP contribution in [-0.2, 0) is 6.54 Å². The molecule has 2 aromatic heterocycles. The van der Waals surface area contributed by atoms with Crippen molar-refractivity contribution in [2.45, 2.75) is 20.4 Å². The molecule has 0 aliphatic rings. The standard InChI is InChI=1S/C24H21N3O/c1-3-28-22-11-7-4-8-17(22)15-27-21-13-12-16(2)14-18(21)23-24(27)26-20-10-6-5-9-19(20)25-23/h4-14H,3,15H2,1-2H3. The molecular formula is C24H21N3O. The van der Waals surface area contributed by atoms with Crippen LogP contribution in [0.15, 0.2) is 66.7 Å². The number of para-hydroxylation sites is 3. The molecule has 0 atom stereocenters. The van der Waals surface area contributed by atoms with E-state index in [1.54, 1.807) is 0 Å². The lowest BCUT2D eigenvalue weighted by molar-refractivity contribution is 0.336. The largest absolute Gasteiger partial charge is 0.494 e. The number of hydrogen-bond acceptors (Lipinski definition) is 3. The van der Waals surface area contributed by atoms with Gasteiger partial charge in [-0.05, 0) is 44.2 Å². The zero-order chi connectivity index (χ0) is 19.1. The van der Waals surface area contributed by atoms with E-state index in [1.165, 1.54) is 5.56 Å². The van der Waals surface area contributed by atoms with Crippen LogP contribution in [0.25, 0.3) is 33.1 Å². The fourth-order valence-corrected chi connectivity index (χ4v) is 3.81. The molecule has 0 saturated heterocycles. The molecule has 0 N–H and O–H groups in total. The van der Waals surface area contributed by atoms with E-state index in [9.17, 15) is 0 Å². The summed E-state index contributed by atoms with van der Waals surface area (Å²) in [5.41, 5.74) is 7.19. The lowest BCUT2D eigenvalue weighted by atomic mass is 10.1. The van der Waals surface area contributed by atoms with Crippen LogP contribution in [-0.4, -0.2) is 21.1 Å². The number of aromatic nitrogens is 3. The summed E-state index contributed by atoms with van der Waals surface area (Å²) in [7, 11) is 0. The summed E-state index contributed by atoms with van der Waals surface area (Å²) in [5, 5.41) is 1.14. The fourth-order valence-electron chi connectivity index (χ4n) is 3.81. The molecular weight excluding hydrogens is 346 g/mol. The smallest absolute Gasteiger partial charge is 0.160 e. The Hall–Kier alpha value is -3.40. The maximum Gasteiger partial charge on any atom is 0.160 e. The van der Waals surface area contributed by atoms with Gasteiger partial charge >= 0.3 is 0 Å². The number of nitrogens with zero attached hydrogens (tertiary/aromatic N) is 3. The van der Waals surface area contributed by atoms with E-state index in [0.717, 1.165) is 44.4 Å². The molecule has 0 saturated carbocycles. The summed E-state index contributed by atoms with van der Waals surface area (Å²) < 4.78 is 8.10. The zero-order valence-electron chi connectivity index (χ0n) is 16.0. The van der Waals surface area contributed by atoms with Crippen LogP contribution in [0.2, 0.25) is 0 Å². The summed E-state index contributed by atoms with van der Waals surface area (Å²) in [6.07, 6.45) is 0. The predicted molar refractivity (Wildman–Crippen MR) is 114 cm³/mol. The first-order valence-corrected chi connectivity index (χ1v) is 9.60. The summed E-state index contributed by atoms with van der Waals surface area (Å²) in [6.45, 7) is 5.46. The van der Waals surface area contributed by atoms with Crippen molar-refractivity contribution in [3.8, 4) is 5.75 Å². The Morgan fingerprint density at radius 2 is 1.64 bits per heavy atom. The number of hydrogen-bond donors (Lipinski definition) is 0. The Labute approximate surface area is 163 Å². The molecule has 4 nitrogen and oxygen atoms in total. The quantitative estimate of drug-likeness (QED) is 0.421. The first-order valence-electron chi connectivity index (χ1n) is 9.60. The molecule has 28 heavy (non-hydrogen) atoms. The van der Waals surface area contributed by atoms with Crippen molar-refractivity contribution in [3.05, 3.63) is 77.9 Å². The van der Waals surface area contributed by atoms with Crippen LogP contribution < -0.4 is 4.74 Å². The van der Waals surface area contributed by atoms with Crippen molar-refractivity contribution >= 4 is 33.1 Å². The molecule has 4 heteroatoms. The van der Waals surface area contributed by atoms with Crippen molar-refractivity contribution in [2.75, 3.05) is 6.61 Å². The van der Waals surface area contributed by atoms with Crippen LogP contribution >= 0.6 is 0 Å². The second kappa shape index (κ2) is 6.64. The third-order valence-corrected chi connectivity index (χ3v) is 5.11. The lowest BCUT2D eigenvalue weighted by Gasteiger charge is -2.12. The molecule has 138 valence electrons. The van der Waals surface area contributed by atoms with Crippen molar-refractivity contribution in [1.82, 2.24) is 14.5 Å². The van der Waals surface area contributed by atoms with Gasteiger partial charge in [-0.15, -0.1) is 0 Å². The van der Waals surface area contributed by atoms with Gasteiger partial charge in [0.1, 0.15) is 11.3 Å². The van der Waals surface area contributed by atoms with Crippen LogP contribution in [0, 0.1) is 6.92 Å². The van der Waals surface area contributed by atoms with Crippen molar-refractivity contribution < 1.29 is 4.74 Å². The molecule has 0 aliphatic heterocycles. The predicted octanol–water partition coefficient (Wildman–Crippen LogP) is 5.49. The average Bonchev–Trinajstić information content (AvgIpc) is 3.00. The third-order valence-electron chi connectivity index (χ3n) is 5.11. The maximum atomic E-state index is 5.85. The van der Waals surface area contributed by atoms with E-state index in [2.05, 4.69) is 41.8 Å². The summed E-state index contributed by atoms with van der Waals surface area (Å²) in [4.78, 5) is 9.93. The number of aryl methyl sites for hydroxylation is 1. The van der Waals surface area contributed by atoms with Gasteiger partial charge in [-0.3, -0.25) is 0 Å². The Morgan fingerprint density at radius 1 is 0.893 bits per heavy atom. The molecule has 0 unspecified atom stereocenters. The average molecular weight is 367 g/mol. The molecule has 3 aromatic carbocycles. The third kappa shape index (κ3) is 2.69. The van der Waals surface area contributed by atoms with Gasteiger partial charge in [-0.2, -0.15) is 0 Å². The summed E-state index contributed by atoms with van der Waals surface area (Å²) in [6, 6.07) is 22.8. The molecule has 0 bridgehead atoms. The Bertz CT molecular complexity index is 1320. The van der Waals surface area contributed by atoms with Gasteiger partial charge in [0, 0.05) is 10.9 Å². The molecule has 5 rings (SSSR count). The molecule has 5 aromatic rings. The van der Waals surface area contributed by atoms with Crippen molar-refractivity contribution in [2.24, 2.45) is 0 Å². The first-order chi connectivity index (χ1) is 13.7. The van der Waals surface area contributed by atoms with Crippen LogP contribution in [0.3, 0.4) is 0 Å². The fraction of sp³-hybridized carbons (Fsp3) is 0.167. The maximum absolute atomic E-state index is 5.85. The molecule has 2 heterocycles. The van der Waals surface area contributed by atoms with Crippen molar-refractivity contribution in [3.63, 3.8) is 0 Å². The number of fused-ring (bicyclic) bond motifs is 4. The van der Waals surface area contributed by atoms with Crippen LogP contribution in [0.5, 0.6) is 5.75 Å². The van der Waals surface area contributed by atoms with E-state index >= 15 is 0 Å². The Kier molecular flexibility index (Phi) is 3.97. The number of ether oxygens (including phenoxy) is 1. The van der Waals surface area contributed by atoms with Gasteiger partial charge in [0.2, 0.25) is 0 Å². The highest BCUT2D eigenvalue weighted by Crippen LogP contribution is 2.31. The molecule has 0 fully saturated rings. The van der Waals surface area contributed by atoms with E-state index < -0.39 is 0 Å². The SMILES string of the molecule is CCOc1ccccc1Cn1c2ccc(C)cc2c2nc3ccccc3nc21. The monoisotopic (exact) mass is 367 g/mol. The Morgan fingerprint density at radius 3 is 2.46 bits per heavy atom. The van der Waals surface area contributed by atoms with Crippen LogP contribution in [0.1, 0.15) is 18.1 Å². The summed E-state index contributed by atoms with van der Waals surface area (Å²) in [5.74, 6) is 0.917. The number of benzene rings is 3. The van der Waals surface area contributed by atoms with Gasteiger partial charge in [-0.25, -0.2) is 9.97 Å². The first kappa shape index (κ1) is 16.8. The zero-order valence-corrected chi connectivity index (χ0v) is 16.0.